The molecule has 1 saturated heterocycles. The van der Waals surface area contributed by atoms with Crippen LogP contribution in [0.25, 0.3) is 0 Å². The fraction of sp³-hybridized carbons (Fsp3) is 0.500. The van der Waals surface area contributed by atoms with Crippen molar-refractivity contribution in [1.29, 1.82) is 0 Å². The van der Waals surface area contributed by atoms with E-state index in [9.17, 15) is 14.4 Å². The lowest BCUT2D eigenvalue weighted by Crippen LogP contribution is -2.46. The number of amides is 4. The van der Waals surface area contributed by atoms with Gasteiger partial charge in [0.1, 0.15) is 17.8 Å². The summed E-state index contributed by atoms with van der Waals surface area (Å²) in [6, 6.07) is 6.78. The number of unbranched alkanes of at least 4 members (excludes halogenated alkanes) is 1. The molecule has 0 radical (unpaired) electrons. The number of methoxy groups -OCH3 is 1. The fourth-order valence-corrected chi connectivity index (χ4v) is 2.77. The second-order valence-corrected chi connectivity index (χ2v) is 6.38. The molecule has 7 nitrogen and oxygen atoms in total. The van der Waals surface area contributed by atoms with Crippen molar-refractivity contribution in [2.75, 3.05) is 20.2 Å². The van der Waals surface area contributed by atoms with Crippen molar-refractivity contribution in [3.05, 3.63) is 29.8 Å². The van der Waals surface area contributed by atoms with Crippen LogP contribution in [0.4, 0.5) is 4.79 Å². The van der Waals surface area contributed by atoms with Gasteiger partial charge in [0, 0.05) is 13.0 Å². The lowest BCUT2D eigenvalue weighted by Gasteiger charge is -2.21. The number of nitrogens with one attached hydrogen (secondary N) is 2. The predicted molar refractivity (Wildman–Crippen MR) is 93.3 cm³/mol. The van der Waals surface area contributed by atoms with Gasteiger partial charge in [-0.1, -0.05) is 25.5 Å². The Morgan fingerprint density at radius 1 is 1.28 bits per heavy atom. The average Bonchev–Trinajstić information content (AvgIpc) is 2.79. The highest BCUT2D eigenvalue weighted by Gasteiger charge is 2.48. The highest BCUT2D eigenvalue weighted by Crippen LogP contribution is 2.23. The summed E-state index contributed by atoms with van der Waals surface area (Å²) < 4.78 is 5.11. The molecular weight excluding hydrogens is 322 g/mol. The second-order valence-electron chi connectivity index (χ2n) is 6.38. The standard InChI is InChI=1S/C18H25N3O4/c1-4-5-10-19-15(22)12-21-16(23)18(2,20-17(21)24)11-13-6-8-14(25-3)9-7-13/h6-9H,4-5,10-12H2,1-3H3,(H,19,22)(H,20,24)/t18-/m1/s1. The number of carbonyl (C=O) groups is 3. The number of rotatable bonds is 8. The predicted octanol–water partition coefficient (Wildman–Crippen LogP) is 1.46. The van der Waals surface area contributed by atoms with Crippen LogP contribution in [-0.4, -0.2) is 48.5 Å². The summed E-state index contributed by atoms with van der Waals surface area (Å²) >= 11 is 0. The van der Waals surface area contributed by atoms with Crippen molar-refractivity contribution in [2.24, 2.45) is 0 Å². The quantitative estimate of drug-likeness (QED) is 0.550. The van der Waals surface area contributed by atoms with Crippen LogP contribution in [0.2, 0.25) is 0 Å². The Hall–Kier alpha value is -2.57. The summed E-state index contributed by atoms with van der Waals surface area (Å²) in [5, 5.41) is 5.42. The Morgan fingerprint density at radius 2 is 1.96 bits per heavy atom. The third kappa shape index (κ3) is 4.49. The van der Waals surface area contributed by atoms with Crippen molar-refractivity contribution in [1.82, 2.24) is 15.5 Å². The second kappa shape index (κ2) is 8.00. The molecule has 136 valence electrons. The van der Waals surface area contributed by atoms with E-state index in [0.717, 1.165) is 29.1 Å². The van der Waals surface area contributed by atoms with Crippen LogP contribution in [0.15, 0.2) is 24.3 Å². The van der Waals surface area contributed by atoms with Gasteiger partial charge < -0.3 is 15.4 Å². The topological polar surface area (TPSA) is 87.7 Å². The third-order valence-corrected chi connectivity index (χ3v) is 4.22. The molecule has 1 heterocycles. The molecule has 1 aromatic carbocycles. The molecule has 1 aromatic rings. The van der Waals surface area contributed by atoms with Crippen LogP contribution < -0.4 is 15.4 Å². The van der Waals surface area contributed by atoms with Gasteiger partial charge in [-0.15, -0.1) is 0 Å². The van der Waals surface area contributed by atoms with Gasteiger partial charge in [-0.2, -0.15) is 0 Å². The highest BCUT2D eigenvalue weighted by atomic mass is 16.5. The number of carbonyl (C=O) groups excluding carboxylic acids is 3. The number of urea groups is 1. The van der Waals surface area contributed by atoms with Crippen molar-refractivity contribution in [3.8, 4) is 5.75 Å². The summed E-state index contributed by atoms with van der Waals surface area (Å²) in [4.78, 5) is 37.7. The highest BCUT2D eigenvalue weighted by molar-refractivity contribution is 6.08. The maximum atomic E-state index is 12.7. The Balaban J connectivity index is 2.01. The van der Waals surface area contributed by atoms with E-state index in [0.29, 0.717) is 13.0 Å². The molecule has 7 heteroatoms. The Bertz CT molecular complexity index is 644. The van der Waals surface area contributed by atoms with Crippen LogP contribution in [-0.2, 0) is 16.0 Å². The van der Waals surface area contributed by atoms with E-state index in [-0.39, 0.29) is 18.4 Å². The van der Waals surface area contributed by atoms with E-state index >= 15 is 0 Å². The smallest absolute Gasteiger partial charge is 0.325 e. The van der Waals surface area contributed by atoms with Gasteiger partial charge in [-0.3, -0.25) is 14.5 Å². The first-order chi connectivity index (χ1) is 11.9. The molecule has 2 N–H and O–H groups in total. The summed E-state index contributed by atoms with van der Waals surface area (Å²) in [6.07, 6.45) is 2.17. The van der Waals surface area contributed by atoms with Crippen LogP contribution >= 0.6 is 0 Å². The molecule has 25 heavy (non-hydrogen) atoms. The molecular formula is C18H25N3O4. The van der Waals surface area contributed by atoms with E-state index in [4.69, 9.17) is 4.74 Å². The maximum Gasteiger partial charge on any atom is 0.325 e. The van der Waals surface area contributed by atoms with E-state index in [1.165, 1.54) is 0 Å². The van der Waals surface area contributed by atoms with Crippen LogP contribution in [0.3, 0.4) is 0 Å². The first-order valence-corrected chi connectivity index (χ1v) is 8.43. The molecule has 1 aliphatic rings. The van der Waals surface area contributed by atoms with Crippen molar-refractivity contribution < 1.29 is 19.1 Å². The van der Waals surface area contributed by atoms with Gasteiger partial charge in [0.15, 0.2) is 0 Å². The van der Waals surface area contributed by atoms with Gasteiger partial charge in [0.2, 0.25) is 5.91 Å². The monoisotopic (exact) mass is 347 g/mol. The Kier molecular flexibility index (Phi) is 6.01. The third-order valence-electron chi connectivity index (χ3n) is 4.22. The van der Waals surface area contributed by atoms with Crippen LogP contribution in [0, 0.1) is 0 Å². The molecule has 0 bridgehead atoms. The molecule has 1 aliphatic heterocycles. The van der Waals surface area contributed by atoms with E-state index in [1.807, 2.05) is 19.1 Å². The molecule has 0 unspecified atom stereocenters. The van der Waals surface area contributed by atoms with Gasteiger partial charge in [-0.05, 0) is 31.0 Å². The average molecular weight is 347 g/mol. The van der Waals surface area contributed by atoms with Gasteiger partial charge >= 0.3 is 6.03 Å². The first kappa shape index (κ1) is 18.8. The number of benzene rings is 1. The lowest BCUT2D eigenvalue weighted by atomic mass is 9.93. The van der Waals surface area contributed by atoms with Gasteiger partial charge in [0.25, 0.3) is 5.91 Å². The zero-order valence-corrected chi connectivity index (χ0v) is 14.9. The summed E-state index contributed by atoms with van der Waals surface area (Å²) in [7, 11) is 1.58. The zero-order valence-electron chi connectivity index (χ0n) is 14.9. The van der Waals surface area contributed by atoms with Crippen molar-refractivity contribution >= 4 is 17.8 Å². The number of ether oxygens (including phenoxy) is 1. The lowest BCUT2D eigenvalue weighted by molar-refractivity contribution is -0.134. The maximum absolute atomic E-state index is 12.7. The number of hydrogen-bond donors (Lipinski definition) is 2. The van der Waals surface area contributed by atoms with Gasteiger partial charge in [-0.25, -0.2) is 4.79 Å². The molecule has 1 fully saturated rings. The minimum atomic E-state index is -1.06. The molecule has 1 atom stereocenters. The normalized spacial score (nSPS) is 19.7. The largest absolute Gasteiger partial charge is 0.497 e. The van der Waals surface area contributed by atoms with Crippen LogP contribution in [0.1, 0.15) is 32.3 Å². The SMILES string of the molecule is CCCCNC(=O)CN1C(=O)N[C@](C)(Cc2ccc(OC)cc2)C1=O. The number of nitrogens with zero attached hydrogens (tertiary/aromatic N) is 1. The first-order valence-electron chi connectivity index (χ1n) is 8.43. The van der Waals surface area contributed by atoms with Crippen molar-refractivity contribution in [3.63, 3.8) is 0 Å². The van der Waals surface area contributed by atoms with E-state index in [1.54, 1.807) is 26.2 Å². The minimum absolute atomic E-state index is 0.257. The Labute approximate surface area is 147 Å². The number of imide groups is 1. The van der Waals surface area contributed by atoms with Crippen LogP contribution in [0.5, 0.6) is 5.75 Å². The zero-order chi connectivity index (χ0) is 18.4. The minimum Gasteiger partial charge on any atom is -0.497 e. The van der Waals surface area contributed by atoms with E-state index < -0.39 is 11.6 Å². The van der Waals surface area contributed by atoms with Crippen molar-refractivity contribution in [2.45, 2.75) is 38.6 Å². The summed E-state index contributed by atoms with van der Waals surface area (Å²) in [5.74, 6) is 0.00525. The summed E-state index contributed by atoms with van der Waals surface area (Å²) in [6.45, 7) is 3.98. The molecule has 0 aromatic heterocycles. The molecule has 4 amide bonds. The fourth-order valence-electron chi connectivity index (χ4n) is 2.77. The molecule has 0 saturated carbocycles. The summed E-state index contributed by atoms with van der Waals surface area (Å²) in [5.41, 5.74) is -0.166. The molecule has 0 aliphatic carbocycles. The van der Waals surface area contributed by atoms with E-state index in [2.05, 4.69) is 10.6 Å². The molecule has 2 rings (SSSR count). The Morgan fingerprint density at radius 3 is 2.56 bits per heavy atom. The number of hydrogen-bond acceptors (Lipinski definition) is 4. The van der Waals surface area contributed by atoms with Gasteiger partial charge in [0.05, 0.1) is 7.11 Å². The molecule has 0 spiro atoms.